The summed E-state index contributed by atoms with van der Waals surface area (Å²) in [5.74, 6) is -0.398. The predicted octanol–water partition coefficient (Wildman–Crippen LogP) is 2.77. The Hall–Kier alpha value is -2.15. The van der Waals surface area contributed by atoms with E-state index in [0.29, 0.717) is 17.1 Å². The highest BCUT2D eigenvalue weighted by Gasteiger charge is 2.11. The molecule has 0 spiro atoms. The minimum atomic E-state index is -3.36. The van der Waals surface area contributed by atoms with Crippen LogP contribution in [0.4, 0.5) is 15.8 Å². The third-order valence-electron chi connectivity index (χ3n) is 2.79. The van der Waals surface area contributed by atoms with Crippen molar-refractivity contribution in [3.05, 3.63) is 54.1 Å². The largest absolute Gasteiger partial charge is 0.375 e. The molecule has 0 fully saturated rings. The molecule has 0 aliphatic heterocycles. The third kappa shape index (κ3) is 4.42. The Bertz CT molecular complexity index is 717. The fraction of sp³-hybridized carbons (Fsp3) is 0.214. The number of para-hydroxylation sites is 2. The standard InChI is InChI=1S/C14H16FN3O2S/c1-10(12-8-7-11(15)9-16-12)17-13-5-3-4-6-14(13)18-21(2,19)20/h3-10,17-18H,1-2H3. The Labute approximate surface area is 123 Å². The molecule has 112 valence electrons. The second-order valence-corrected chi connectivity index (χ2v) is 6.44. The summed E-state index contributed by atoms with van der Waals surface area (Å²) in [6.45, 7) is 1.86. The quantitative estimate of drug-likeness (QED) is 0.891. The number of benzene rings is 1. The van der Waals surface area contributed by atoms with Crippen molar-refractivity contribution in [1.29, 1.82) is 0 Å². The topological polar surface area (TPSA) is 71.1 Å². The van der Waals surface area contributed by atoms with Gasteiger partial charge in [-0.15, -0.1) is 0 Å². The highest BCUT2D eigenvalue weighted by atomic mass is 32.2. The van der Waals surface area contributed by atoms with Gasteiger partial charge in [0.2, 0.25) is 10.0 Å². The Balaban J connectivity index is 2.21. The molecule has 1 aromatic carbocycles. The molecule has 0 saturated carbocycles. The van der Waals surface area contributed by atoms with E-state index in [2.05, 4.69) is 15.0 Å². The number of pyridine rings is 1. The summed E-state index contributed by atoms with van der Waals surface area (Å²) >= 11 is 0. The normalized spacial score (nSPS) is 12.7. The van der Waals surface area contributed by atoms with Gasteiger partial charge in [0.1, 0.15) is 5.82 Å². The summed E-state index contributed by atoms with van der Waals surface area (Å²) in [6.07, 6.45) is 2.24. The second kappa shape index (κ2) is 6.09. The van der Waals surface area contributed by atoms with Gasteiger partial charge in [0, 0.05) is 0 Å². The van der Waals surface area contributed by atoms with Gasteiger partial charge in [-0.3, -0.25) is 9.71 Å². The van der Waals surface area contributed by atoms with E-state index in [1.165, 1.54) is 6.07 Å². The number of sulfonamides is 1. The zero-order valence-electron chi connectivity index (χ0n) is 11.7. The first kappa shape index (κ1) is 15.2. The van der Waals surface area contributed by atoms with E-state index in [0.717, 1.165) is 12.5 Å². The molecule has 0 bridgehead atoms. The Kier molecular flexibility index (Phi) is 4.42. The summed E-state index contributed by atoms with van der Waals surface area (Å²) < 4.78 is 38.0. The van der Waals surface area contributed by atoms with E-state index < -0.39 is 15.8 Å². The summed E-state index contributed by atoms with van der Waals surface area (Å²) in [5, 5.41) is 3.16. The van der Waals surface area contributed by atoms with E-state index in [1.54, 1.807) is 30.3 Å². The molecule has 2 aromatic rings. The number of rotatable bonds is 5. The van der Waals surface area contributed by atoms with Gasteiger partial charge >= 0.3 is 0 Å². The molecule has 0 aliphatic carbocycles. The zero-order valence-corrected chi connectivity index (χ0v) is 12.5. The van der Waals surface area contributed by atoms with E-state index in [1.807, 2.05) is 6.92 Å². The lowest BCUT2D eigenvalue weighted by molar-refractivity contribution is 0.606. The van der Waals surface area contributed by atoms with Crippen LogP contribution in [0.3, 0.4) is 0 Å². The van der Waals surface area contributed by atoms with Gasteiger partial charge < -0.3 is 5.32 Å². The molecule has 2 N–H and O–H groups in total. The average Bonchev–Trinajstić information content (AvgIpc) is 2.40. The maximum absolute atomic E-state index is 12.9. The Morgan fingerprint density at radius 1 is 1.14 bits per heavy atom. The third-order valence-corrected chi connectivity index (χ3v) is 3.38. The van der Waals surface area contributed by atoms with Gasteiger partial charge in [0.05, 0.1) is 35.6 Å². The first-order chi connectivity index (χ1) is 9.85. The minimum absolute atomic E-state index is 0.201. The first-order valence-corrected chi connectivity index (χ1v) is 8.19. The van der Waals surface area contributed by atoms with Gasteiger partial charge in [-0.05, 0) is 31.2 Å². The fourth-order valence-corrected chi connectivity index (χ4v) is 2.43. The average molecular weight is 309 g/mol. The van der Waals surface area contributed by atoms with Crippen molar-refractivity contribution in [3.8, 4) is 0 Å². The van der Waals surface area contributed by atoms with E-state index in [4.69, 9.17) is 0 Å². The molecular weight excluding hydrogens is 293 g/mol. The Morgan fingerprint density at radius 2 is 1.81 bits per heavy atom. The molecule has 0 saturated heterocycles. The van der Waals surface area contributed by atoms with Crippen LogP contribution in [0, 0.1) is 5.82 Å². The lowest BCUT2D eigenvalue weighted by atomic mass is 10.2. The van der Waals surface area contributed by atoms with Gasteiger partial charge in [0.15, 0.2) is 0 Å². The van der Waals surface area contributed by atoms with Crippen LogP contribution in [0.1, 0.15) is 18.7 Å². The van der Waals surface area contributed by atoms with Gasteiger partial charge in [0.25, 0.3) is 0 Å². The highest BCUT2D eigenvalue weighted by molar-refractivity contribution is 7.92. The van der Waals surface area contributed by atoms with Crippen molar-refractivity contribution in [2.75, 3.05) is 16.3 Å². The molecule has 0 aliphatic rings. The van der Waals surface area contributed by atoms with E-state index >= 15 is 0 Å². The zero-order chi connectivity index (χ0) is 15.5. The molecule has 7 heteroatoms. The molecule has 5 nitrogen and oxygen atoms in total. The van der Waals surface area contributed by atoms with Crippen LogP contribution in [0.25, 0.3) is 0 Å². The van der Waals surface area contributed by atoms with Crippen molar-refractivity contribution in [3.63, 3.8) is 0 Å². The Morgan fingerprint density at radius 3 is 2.38 bits per heavy atom. The van der Waals surface area contributed by atoms with Gasteiger partial charge in [-0.25, -0.2) is 12.8 Å². The molecule has 1 unspecified atom stereocenters. The van der Waals surface area contributed by atoms with E-state index in [9.17, 15) is 12.8 Å². The minimum Gasteiger partial charge on any atom is -0.375 e. The molecule has 1 aromatic heterocycles. The SMILES string of the molecule is CC(Nc1ccccc1NS(C)(=O)=O)c1ccc(F)cn1. The maximum atomic E-state index is 12.9. The summed E-state index contributed by atoms with van der Waals surface area (Å²) in [5.41, 5.74) is 1.74. The maximum Gasteiger partial charge on any atom is 0.229 e. The molecule has 21 heavy (non-hydrogen) atoms. The van der Waals surface area contributed by atoms with Gasteiger partial charge in [-0.1, -0.05) is 12.1 Å². The smallest absolute Gasteiger partial charge is 0.229 e. The van der Waals surface area contributed by atoms with Crippen LogP contribution < -0.4 is 10.0 Å². The van der Waals surface area contributed by atoms with Crippen LogP contribution >= 0.6 is 0 Å². The number of hydrogen-bond donors (Lipinski definition) is 2. The molecule has 2 rings (SSSR count). The van der Waals surface area contributed by atoms with Crippen molar-refractivity contribution < 1.29 is 12.8 Å². The number of hydrogen-bond acceptors (Lipinski definition) is 4. The van der Waals surface area contributed by atoms with Crippen LogP contribution in [0.15, 0.2) is 42.6 Å². The van der Waals surface area contributed by atoms with Crippen LogP contribution in [-0.2, 0) is 10.0 Å². The molecule has 0 radical (unpaired) electrons. The van der Waals surface area contributed by atoms with E-state index in [-0.39, 0.29) is 6.04 Å². The van der Waals surface area contributed by atoms with Gasteiger partial charge in [-0.2, -0.15) is 0 Å². The molecule has 1 atom stereocenters. The number of anilines is 2. The number of halogens is 1. The molecule has 0 amide bonds. The van der Waals surface area contributed by atoms with Crippen LogP contribution in [0.5, 0.6) is 0 Å². The highest BCUT2D eigenvalue weighted by Crippen LogP contribution is 2.26. The van der Waals surface area contributed by atoms with Crippen LogP contribution in [-0.4, -0.2) is 19.7 Å². The summed E-state index contributed by atoms with van der Waals surface area (Å²) in [4.78, 5) is 4.00. The van der Waals surface area contributed by atoms with Crippen molar-refractivity contribution in [2.24, 2.45) is 0 Å². The molecular formula is C14H16FN3O2S. The van der Waals surface area contributed by atoms with Crippen molar-refractivity contribution >= 4 is 21.4 Å². The number of nitrogens with one attached hydrogen (secondary N) is 2. The van der Waals surface area contributed by atoms with Crippen molar-refractivity contribution in [1.82, 2.24) is 4.98 Å². The summed E-state index contributed by atoms with van der Waals surface area (Å²) in [7, 11) is -3.36. The number of nitrogens with zero attached hydrogens (tertiary/aromatic N) is 1. The monoisotopic (exact) mass is 309 g/mol. The second-order valence-electron chi connectivity index (χ2n) is 4.69. The lowest BCUT2D eigenvalue weighted by Crippen LogP contribution is -2.14. The van der Waals surface area contributed by atoms with Crippen molar-refractivity contribution in [2.45, 2.75) is 13.0 Å². The first-order valence-electron chi connectivity index (χ1n) is 6.30. The number of aromatic nitrogens is 1. The summed E-state index contributed by atoms with van der Waals surface area (Å²) in [6, 6.07) is 9.66. The molecule has 1 heterocycles. The van der Waals surface area contributed by atoms with Crippen LogP contribution in [0.2, 0.25) is 0 Å². The lowest BCUT2D eigenvalue weighted by Gasteiger charge is -2.18. The fourth-order valence-electron chi connectivity index (χ4n) is 1.85. The predicted molar refractivity (Wildman–Crippen MR) is 81.1 cm³/mol.